The minimum Gasteiger partial charge on any atom is -0.374 e. The van der Waals surface area contributed by atoms with Crippen LogP contribution >= 0.6 is 0 Å². The lowest BCUT2D eigenvalue weighted by Crippen LogP contribution is -2.45. The third kappa shape index (κ3) is 3.91. The first-order valence-electron chi connectivity index (χ1n) is 6.68. The van der Waals surface area contributed by atoms with Gasteiger partial charge in [0.25, 0.3) is 0 Å². The Morgan fingerprint density at radius 3 is 3.16 bits per heavy atom. The van der Waals surface area contributed by atoms with E-state index in [2.05, 4.69) is 28.2 Å². The molecule has 5 nitrogen and oxygen atoms in total. The van der Waals surface area contributed by atoms with Gasteiger partial charge in [0, 0.05) is 25.3 Å². The maximum atomic E-state index is 8.93. The summed E-state index contributed by atoms with van der Waals surface area (Å²) in [7, 11) is 0. The van der Waals surface area contributed by atoms with Crippen molar-refractivity contribution < 1.29 is 4.74 Å². The number of hydrogen-bond donors (Lipinski definition) is 1. The van der Waals surface area contributed by atoms with Gasteiger partial charge in [0.1, 0.15) is 5.82 Å². The number of pyridine rings is 1. The normalized spacial score (nSPS) is 19.9. The van der Waals surface area contributed by atoms with E-state index in [1.54, 1.807) is 12.1 Å². The second-order valence-corrected chi connectivity index (χ2v) is 4.76. The lowest BCUT2D eigenvalue weighted by atomic mass is 10.2. The fourth-order valence-corrected chi connectivity index (χ4v) is 2.23. The quantitative estimate of drug-likeness (QED) is 0.886. The van der Waals surface area contributed by atoms with Crippen LogP contribution in [0.4, 0.5) is 5.82 Å². The summed E-state index contributed by atoms with van der Waals surface area (Å²) in [6.07, 6.45) is 0.182. The minimum absolute atomic E-state index is 0.182. The topological polar surface area (TPSA) is 61.2 Å². The van der Waals surface area contributed by atoms with Crippen LogP contribution in [-0.4, -0.2) is 48.8 Å². The summed E-state index contributed by atoms with van der Waals surface area (Å²) in [5.74, 6) is 0.744. The first-order valence-corrected chi connectivity index (χ1v) is 6.68. The minimum atomic E-state index is 0.182. The van der Waals surface area contributed by atoms with E-state index in [0.717, 1.165) is 44.3 Å². The third-order valence-electron chi connectivity index (χ3n) is 3.26. The van der Waals surface area contributed by atoms with Crippen molar-refractivity contribution in [1.82, 2.24) is 9.88 Å². The van der Waals surface area contributed by atoms with Crippen LogP contribution in [0.5, 0.6) is 0 Å². The van der Waals surface area contributed by atoms with Gasteiger partial charge < -0.3 is 10.1 Å². The first kappa shape index (κ1) is 13.8. The van der Waals surface area contributed by atoms with Crippen molar-refractivity contribution in [2.24, 2.45) is 0 Å². The predicted octanol–water partition coefficient (Wildman–Crippen LogP) is 1.39. The average Bonchev–Trinajstić information content (AvgIpc) is 2.44. The third-order valence-corrected chi connectivity index (χ3v) is 3.26. The second kappa shape index (κ2) is 6.50. The predicted molar refractivity (Wildman–Crippen MR) is 74.0 cm³/mol. The van der Waals surface area contributed by atoms with Gasteiger partial charge in [0.15, 0.2) is 0 Å². The molecule has 0 saturated carbocycles. The van der Waals surface area contributed by atoms with Crippen LogP contribution in [0.25, 0.3) is 0 Å². The van der Waals surface area contributed by atoms with Gasteiger partial charge in [0.05, 0.1) is 24.3 Å². The molecular weight excluding hydrogens is 240 g/mol. The highest BCUT2D eigenvalue weighted by atomic mass is 16.5. The molecule has 102 valence electrons. The highest BCUT2D eigenvalue weighted by molar-refractivity contribution is 5.44. The highest BCUT2D eigenvalue weighted by Gasteiger charge is 2.18. The largest absolute Gasteiger partial charge is 0.374 e. The van der Waals surface area contributed by atoms with Crippen molar-refractivity contribution in [1.29, 1.82) is 5.26 Å². The lowest BCUT2D eigenvalue weighted by Gasteiger charge is -2.32. The van der Waals surface area contributed by atoms with Gasteiger partial charge in [0.2, 0.25) is 0 Å². The standard InChI is InChI=1S/C14H20N4O/c1-3-18-4-5-19-13(10-18)9-16-14-7-12(8-15)6-11(2)17-14/h6-7,13H,3-5,9-10H2,1-2H3,(H,16,17). The maximum Gasteiger partial charge on any atom is 0.127 e. The number of ether oxygens (including phenoxy) is 1. The van der Waals surface area contributed by atoms with Crippen LogP contribution in [0.3, 0.4) is 0 Å². The van der Waals surface area contributed by atoms with E-state index in [0.29, 0.717) is 5.56 Å². The number of morpholine rings is 1. The summed E-state index contributed by atoms with van der Waals surface area (Å²) in [5, 5.41) is 12.2. The van der Waals surface area contributed by atoms with Crippen LogP contribution in [-0.2, 0) is 4.74 Å². The molecule has 1 saturated heterocycles. The van der Waals surface area contributed by atoms with Gasteiger partial charge in [-0.1, -0.05) is 6.92 Å². The molecule has 1 unspecified atom stereocenters. The number of nitrogens with zero attached hydrogens (tertiary/aromatic N) is 3. The maximum absolute atomic E-state index is 8.93. The fraction of sp³-hybridized carbons (Fsp3) is 0.571. The monoisotopic (exact) mass is 260 g/mol. The van der Waals surface area contributed by atoms with Crippen molar-refractivity contribution in [3.05, 3.63) is 23.4 Å². The number of nitriles is 1. The van der Waals surface area contributed by atoms with E-state index in [9.17, 15) is 0 Å². The summed E-state index contributed by atoms with van der Waals surface area (Å²) in [4.78, 5) is 6.75. The molecule has 0 bridgehead atoms. The smallest absolute Gasteiger partial charge is 0.127 e. The van der Waals surface area contributed by atoms with Gasteiger partial charge in [-0.25, -0.2) is 4.98 Å². The van der Waals surface area contributed by atoms with E-state index in [1.165, 1.54) is 0 Å². The average molecular weight is 260 g/mol. The Kier molecular flexibility index (Phi) is 4.72. The summed E-state index contributed by atoms with van der Waals surface area (Å²) < 4.78 is 5.72. The first-order chi connectivity index (χ1) is 9.21. The zero-order valence-corrected chi connectivity index (χ0v) is 11.5. The van der Waals surface area contributed by atoms with E-state index >= 15 is 0 Å². The molecule has 1 fully saturated rings. The lowest BCUT2D eigenvalue weighted by molar-refractivity contribution is -0.0192. The Morgan fingerprint density at radius 1 is 1.58 bits per heavy atom. The molecule has 0 aromatic carbocycles. The van der Waals surface area contributed by atoms with Crippen molar-refractivity contribution in [3.8, 4) is 6.07 Å². The molecule has 1 N–H and O–H groups in total. The van der Waals surface area contributed by atoms with Crippen LogP contribution in [0.2, 0.25) is 0 Å². The summed E-state index contributed by atoms with van der Waals surface area (Å²) in [5.41, 5.74) is 1.48. The molecule has 1 aromatic rings. The number of likely N-dealkylation sites (N-methyl/N-ethyl adjacent to an activating group) is 1. The van der Waals surface area contributed by atoms with E-state index in [-0.39, 0.29) is 6.10 Å². The Morgan fingerprint density at radius 2 is 2.42 bits per heavy atom. The molecule has 5 heteroatoms. The zero-order chi connectivity index (χ0) is 13.7. The summed E-state index contributed by atoms with van der Waals surface area (Å²) >= 11 is 0. The van der Waals surface area contributed by atoms with Gasteiger partial charge in [-0.15, -0.1) is 0 Å². The van der Waals surface area contributed by atoms with Crippen LogP contribution < -0.4 is 5.32 Å². The Labute approximate surface area is 114 Å². The molecule has 1 aliphatic heterocycles. The molecule has 19 heavy (non-hydrogen) atoms. The van der Waals surface area contributed by atoms with Gasteiger partial charge in [-0.2, -0.15) is 5.26 Å². The van der Waals surface area contributed by atoms with Crippen molar-refractivity contribution >= 4 is 5.82 Å². The number of hydrogen-bond acceptors (Lipinski definition) is 5. The van der Waals surface area contributed by atoms with E-state index < -0.39 is 0 Å². The molecule has 0 amide bonds. The zero-order valence-electron chi connectivity index (χ0n) is 11.5. The number of anilines is 1. The summed E-state index contributed by atoms with van der Waals surface area (Å²) in [6.45, 7) is 8.57. The van der Waals surface area contributed by atoms with Crippen LogP contribution in [0.1, 0.15) is 18.2 Å². The Hall–Kier alpha value is -1.64. The van der Waals surface area contributed by atoms with Crippen LogP contribution in [0, 0.1) is 18.3 Å². The number of nitrogens with one attached hydrogen (secondary N) is 1. The fourth-order valence-electron chi connectivity index (χ4n) is 2.23. The van der Waals surface area contributed by atoms with E-state index in [4.69, 9.17) is 10.00 Å². The van der Waals surface area contributed by atoms with Gasteiger partial charge in [-0.05, 0) is 25.6 Å². The Balaban J connectivity index is 1.91. The molecule has 2 rings (SSSR count). The molecule has 0 radical (unpaired) electrons. The van der Waals surface area contributed by atoms with Gasteiger partial charge >= 0.3 is 0 Å². The van der Waals surface area contributed by atoms with Gasteiger partial charge in [-0.3, -0.25) is 4.90 Å². The molecule has 0 spiro atoms. The number of rotatable bonds is 4. The molecular formula is C14H20N4O. The SMILES string of the molecule is CCN1CCOC(CNc2cc(C#N)cc(C)n2)C1. The molecule has 1 atom stereocenters. The van der Waals surface area contributed by atoms with E-state index in [1.807, 2.05) is 6.92 Å². The molecule has 2 heterocycles. The van der Waals surface area contributed by atoms with Crippen molar-refractivity contribution in [2.45, 2.75) is 20.0 Å². The van der Waals surface area contributed by atoms with Crippen LogP contribution in [0.15, 0.2) is 12.1 Å². The summed E-state index contributed by atoms with van der Waals surface area (Å²) in [6, 6.07) is 5.69. The Bertz CT molecular complexity index is 469. The van der Waals surface area contributed by atoms with Crippen molar-refractivity contribution in [3.63, 3.8) is 0 Å². The highest BCUT2D eigenvalue weighted by Crippen LogP contribution is 2.11. The number of aryl methyl sites for hydroxylation is 1. The second-order valence-electron chi connectivity index (χ2n) is 4.76. The number of aromatic nitrogens is 1. The molecule has 1 aliphatic rings. The van der Waals surface area contributed by atoms with Crippen molar-refractivity contribution in [2.75, 3.05) is 38.1 Å². The molecule has 0 aliphatic carbocycles. The molecule has 1 aromatic heterocycles.